The SMILES string of the molecule is C=Cc1cc(-c2ccc(C(=O)N3CCC(C(F)(F)F)CC3)cc2)cc(Cl)c1CC1CCN(C2CCN(C(N)=O)CC2)C1=O. The first-order valence-electron chi connectivity index (χ1n) is 14.7. The summed E-state index contributed by atoms with van der Waals surface area (Å²) in [4.78, 5) is 42.8. The Balaban J connectivity index is 1.23. The van der Waals surface area contributed by atoms with Gasteiger partial charge in [0.1, 0.15) is 0 Å². The van der Waals surface area contributed by atoms with Crippen molar-refractivity contribution in [3.63, 3.8) is 0 Å². The van der Waals surface area contributed by atoms with Gasteiger partial charge in [0.2, 0.25) is 5.91 Å². The topological polar surface area (TPSA) is 86.9 Å². The summed E-state index contributed by atoms with van der Waals surface area (Å²) in [6, 6.07) is 10.5. The molecular weight excluding hydrogens is 581 g/mol. The Bertz CT molecular complexity index is 1380. The minimum Gasteiger partial charge on any atom is -0.351 e. The van der Waals surface area contributed by atoms with Crippen molar-refractivity contribution in [2.24, 2.45) is 17.6 Å². The van der Waals surface area contributed by atoms with Gasteiger partial charge in [0.15, 0.2) is 0 Å². The molecule has 2 aromatic rings. The maximum absolute atomic E-state index is 13.4. The van der Waals surface area contributed by atoms with E-state index < -0.39 is 18.1 Å². The maximum atomic E-state index is 13.4. The predicted octanol–water partition coefficient (Wildman–Crippen LogP) is 6.00. The highest BCUT2D eigenvalue weighted by molar-refractivity contribution is 6.32. The van der Waals surface area contributed by atoms with E-state index >= 15 is 0 Å². The molecule has 5 rings (SSSR count). The van der Waals surface area contributed by atoms with Crippen molar-refractivity contribution < 1.29 is 27.6 Å². The quantitative estimate of drug-likeness (QED) is 0.432. The number of hydrogen-bond donors (Lipinski definition) is 1. The molecule has 7 nitrogen and oxygen atoms in total. The largest absolute Gasteiger partial charge is 0.391 e. The summed E-state index contributed by atoms with van der Waals surface area (Å²) in [6.45, 7) is 5.91. The van der Waals surface area contributed by atoms with Gasteiger partial charge in [0.25, 0.3) is 5.91 Å². The Kier molecular flexibility index (Phi) is 9.06. The molecule has 2 N–H and O–H groups in total. The third-order valence-corrected chi connectivity index (χ3v) is 9.52. The Morgan fingerprint density at radius 3 is 2.14 bits per heavy atom. The van der Waals surface area contributed by atoms with Gasteiger partial charge in [0.05, 0.1) is 5.92 Å². The molecule has 0 spiro atoms. The van der Waals surface area contributed by atoms with Crippen LogP contribution in [0.3, 0.4) is 0 Å². The zero-order chi connectivity index (χ0) is 30.9. The summed E-state index contributed by atoms with van der Waals surface area (Å²) >= 11 is 6.78. The van der Waals surface area contributed by atoms with Crippen LogP contribution in [0.25, 0.3) is 17.2 Å². The summed E-state index contributed by atoms with van der Waals surface area (Å²) < 4.78 is 39.0. The molecule has 0 bridgehead atoms. The van der Waals surface area contributed by atoms with E-state index in [0.717, 1.165) is 41.5 Å². The van der Waals surface area contributed by atoms with E-state index in [9.17, 15) is 27.6 Å². The first-order chi connectivity index (χ1) is 20.5. The number of nitrogens with zero attached hydrogens (tertiary/aromatic N) is 3. The number of alkyl halides is 3. The second-order valence-corrected chi connectivity index (χ2v) is 12.1. The number of urea groups is 1. The van der Waals surface area contributed by atoms with Crippen LogP contribution in [0.2, 0.25) is 5.02 Å². The van der Waals surface area contributed by atoms with Crippen LogP contribution in [-0.4, -0.2) is 77.5 Å². The minimum atomic E-state index is -4.23. The van der Waals surface area contributed by atoms with Gasteiger partial charge in [-0.1, -0.05) is 36.4 Å². The Morgan fingerprint density at radius 1 is 0.930 bits per heavy atom. The van der Waals surface area contributed by atoms with Crippen molar-refractivity contribution in [2.45, 2.75) is 50.7 Å². The number of piperidine rings is 2. The highest BCUT2D eigenvalue weighted by atomic mass is 35.5. The molecule has 230 valence electrons. The first kappa shape index (κ1) is 30.9. The van der Waals surface area contributed by atoms with Gasteiger partial charge in [-0.3, -0.25) is 9.59 Å². The van der Waals surface area contributed by atoms with E-state index in [1.54, 1.807) is 35.2 Å². The highest BCUT2D eigenvalue weighted by Crippen LogP contribution is 2.36. The highest BCUT2D eigenvalue weighted by Gasteiger charge is 2.42. The molecule has 0 radical (unpaired) electrons. The van der Waals surface area contributed by atoms with Crippen LogP contribution < -0.4 is 5.73 Å². The summed E-state index contributed by atoms with van der Waals surface area (Å²) in [7, 11) is 0. The van der Waals surface area contributed by atoms with Gasteiger partial charge in [-0.05, 0) is 85.0 Å². The molecule has 3 aliphatic heterocycles. The number of hydrogen-bond acceptors (Lipinski definition) is 3. The van der Waals surface area contributed by atoms with Crippen LogP contribution in [-0.2, 0) is 11.2 Å². The molecule has 0 aromatic heterocycles. The lowest BCUT2D eigenvalue weighted by atomic mass is 9.91. The molecule has 11 heteroatoms. The third kappa shape index (κ3) is 6.69. The van der Waals surface area contributed by atoms with E-state index in [1.165, 1.54) is 4.90 Å². The number of primary amides is 1. The fourth-order valence-electron chi connectivity index (χ4n) is 6.58. The average molecular weight is 617 g/mol. The number of carbonyl (C=O) groups excluding carboxylic acids is 3. The Morgan fingerprint density at radius 2 is 1.56 bits per heavy atom. The van der Waals surface area contributed by atoms with E-state index in [0.29, 0.717) is 36.6 Å². The third-order valence-electron chi connectivity index (χ3n) is 9.18. The van der Waals surface area contributed by atoms with Crippen LogP contribution in [0.4, 0.5) is 18.0 Å². The number of halogens is 4. The molecule has 4 amide bonds. The average Bonchev–Trinajstić information content (AvgIpc) is 3.36. The number of nitrogens with two attached hydrogens (primary N) is 1. The van der Waals surface area contributed by atoms with Gasteiger partial charge in [0, 0.05) is 55.3 Å². The monoisotopic (exact) mass is 616 g/mol. The number of carbonyl (C=O) groups is 3. The second kappa shape index (κ2) is 12.6. The van der Waals surface area contributed by atoms with Crippen molar-refractivity contribution in [1.82, 2.24) is 14.7 Å². The first-order valence-corrected chi connectivity index (χ1v) is 15.1. The van der Waals surface area contributed by atoms with Crippen LogP contribution in [0.1, 0.15) is 53.6 Å². The maximum Gasteiger partial charge on any atom is 0.391 e. The lowest BCUT2D eigenvalue weighted by molar-refractivity contribution is -0.183. The fraction of sp³-hybridized carbons (Fsp3) is 0.469. The zero-order valence-electron chi connectivity index (χ0n) is 23.9. The standard InChI is InChI=1S/C32H36ClF3N4O3/c1-2-20-17-24(21-3-5-22(6-4-21)29(41)38-12-8-25(9-13-38)32(34,35)36)19-28(33)27(20)18-23-7-16-40(30(23)42)26-10-14-39(15-11-26)31(37)43/h2-6,17,19,23,25-26H,1,7-16,18H2,(H2,37,43). The molecule has 1 unspecified atom stereocenters. The molecule has 0 saturated carbocycles. The molecule has 3 heterocycles. The van der Waals surface area contributed by atoms with Crippen molar-refractivity contribution in [1.29, 1.82) is 0 Å². The molecule has 0 aliphatic carbocycles. The summed E-state index contributed by atoms with van der Waals surface area (Å²) in [5, 5.41) is 0.529. The molecule has 2 aromatic carbocycles. The van der Waals surface area contributed by atoms with E-state index in [1.807, 2.05) is 17.0 Å². The normalized spacial score (nSPS) is 20.5. The van der Waals surface area contributed by atoms with Gasteiger partial charge in [-0.25, -0.2) is 4.79 Å². The summed E-state index contributed by atoms with van der Waals surface area (Å²) in [5.74, 6) is -1.72. The molecule has 3 saturated heterocycles. The molecule has 43 heavy (non-hydrogen) atoms. The van der Waals surface area contributed by atoms with Crippen molar-refractivity contribution in [3.05, 3.63) is 64.7 Å². The predicted molar refractivity (Wildman–Crippen MR) is 159 cm³/mol. The fourth-order valence-corrected chi connectivity index (χ4v) is 6.88. The van der Waals surface area contributed by atoms with Crippen LogP contribution >= 0.6 is 11.6 Å². The number of likely N-dealkylation sites (tertiary alicyclic amines) is 3. The Labute approximate surface area is 254 Å². The number of amides is 4. The summed E-state index contributed by atoms with van der Waals surface area (Å²) in [6.07, 6.45) is 0.000270. The van der Waals surface area contributed by atoms with Gasteiger partial charge < -0.3 is 20.4 Å². The van der Waals surface area contributed by atoms with Gasteiger partial charge in [-0.15, -0.1) is 0 Å². The van der Waals surface area contributed by atoms with Crippen LogP contribution in [0, 0.1) is 11.8 Å². The Hall–Kier alpha value is -3.53. The van der Waals surface area contributed by atoms with Crippen LogP contribution in [0.15, 0.2) is 43.0 Å². The molecule has 1 atom stereocenters. The molecule has 3 aliphatic rings. The van der Waals surface area contributed by atoms with Gasteiger partial charge >= 0.3 is 12.2 Å². The van der Waals surface area contributed by atoms with Crippen molar-refractivity contribution in [2.75, 3.05) is 32.7 Å². The molecule has 3 fully saturated rings. The second-order valence-electron chi connectivity index (χ2n) is 11.7. The van der Waals surface area contributed by atoms with E-state index in [4.69, 9.17) is 17.3 Å². The van der Waals surface area contributed by atoms with Crippen LogP contribution in [0.5, 0.6) is 0 Å². The van der Waals surface area contributed by atoms with Crippen molar-refractivity contribution in [3.8, 4) is 11.1 Å². The van der Waals surface area contributed by atoms with Gasteiger partial charge in [-0.2, -0.15) is 13.2 Å². The lowest BCUT2D eigenvalue weighted by Crippen LogP contribution is -2.49. The smallest absolute Gasteiger partial charge is 0.351 e. The number of benzene rings is 2. The lowest BCUT2D eigenvalue weighted by Gasteiger charge is -2.36. The molecular formula is C32H36ClF3N4O3. The van der Waals surface area contributed by atoms with E-state index in [2.05, 4.69) is 6.58 Å². The zero-order valence-corrected chi connectivity index (χ0v) is 24.7. The minimum absolute atomic E-state index is 0.0801. The summed E-state index contributed by atoms with van der Waals surface area (Å²) in [5.41, 5.74) is 9.16. The van der Waals surface area contributed by atoms with Crippen molar-refractivity contribution >= 4 is 35.5 Å². The number of rotatable bonds is 6. The van der Waals surface area contributed by atoms with E-state index in [-0.39, 0.29) is 49.7 Å².